The van der Waals surface area contributed by atoms with Crippen molar-refractivity contribution < 1.29 is 0 Å². The number of nitrogens with zero attached hydrogens (tertiary/aromatic N) is 3. The van der Waals surface area contributed by atoms with Gasteiger partial charge in [0.1, 0.15) is 0 Å². The van der Waals surface area contributed by atoms with Crippen molar-refractivity contribution in [2.24, 2.45) is 5.73 Å². The van der Waals surface area contributed by atoms with Crippen LogP contribution in [0.4, 0.5) is 11.9 Å². The number of unbranched alkanes of at least 4 members (excludes halogenated alkanes) is 2. The van der Waals surface area contributed by atoms with Gasteiger partial charge in [0.2, 0.25) is 11.9 Å². The third-order valence-electron chi connectivity index (χ3n) is 5.66. The van der Waals surface area contributed by atoms with Gasteiger partial charge >= 0.3 is 0 Å². The fourth-order valence-corrected chi connectivity index (χ4v) is 4.01. The lowest BCUT2D eigenvalue weighted by molar-refractivity contribution is 0.208. The van der Waals surface area contributed by atoms with E-state index in [1.807, 2.05) is 24.3 Å². The number of anilines is 2. The van der Waals surface area contributed by atoms with Crippen LogP contribution in [0, 0.1) is 0 Å². The number of hydrogen-bond donors (Lipinski definition) is 4. The lowest BCUT2D eigenvalue weighted by Gasteiger charge is -2.31. The first-order chi connectivity index (χ1) is 14.2. The van der Waals surface area contributed by atoms with Crippen molar-refractivity contribution in [3.8, 4) is 0 Å². The molecule has 0 bridgehead atoms. The number of imidazole rings is 1. The lowest BCUT2D eigenvalue weighted by Crippen LogP contribution is -2.35. The van der Waals surface area contributed by atoms with Gasteiger partial charge in [-0.2, -0.15) is 0 Å². The standard InChI is InChI=1S/C21H29N7O/c22-10-4-1-5-11-28-12-8-15(9-13-28)16-14-23-20(26-19(16)29)27-21-24-17-6-2-3-7-18(17)25-21/h2-3,6-7,14-15H,1,4-5,8-13,22H2,(H3,23,24,25,26,27,29). The first-order valence-corrected chi connectivity index (χ1v) is 10.5. The second-order valence-electron chi connectivity index (χ2n) is 7.71. The third kappa shape index (κ3) is 4.83. The monoisotopic (exact) mass is 395 g/mol. The zero-order chi connectivity index (χ0) is 20.1. The average molecular weight is 396 g/mol. The van der Waals surface area contributed by atoms with Gasteiger partial charge < -0.3 is 15.6 Å². The van der Waals surface area contributed by atoms with Gasteiger partial charge in [-0.3, -0.25) is 15.1 Å². The number of likely N-dealkylation sites (tertiary alicyclic amines) is 1. The summed E-state index contributed by atoms with van der Waals surface area (Å²) in [6, 6.07) is 7.77. The van der Waals surface area contributed by atoms with Gasteiger partial charge in [-0.05, 0) is 69.9 Å². The number of hydrogen-bond acceptors (Lipinski definition) is 6. The smallest absolute Gasteiger partial charge is 0.255 e. The van der Waals surface area contributed by atoms with Crippen molar-refractivity contribution in [1.29, 1.82) is 0 Å². The number of benzene rings is 1. The lowest BCUT2D eigenvalue weighted by atomic mass is 9.91. The highest BCUT2D eigenvalue weighted by Crippen LogP contribution is 2.26. The summed E-state index contributed by atoms with van der Waals surface area (Å²) in [6.45, 7) is 3.97. The van der Waals surface area contributed by atoms with Crippen LogP contribution in [0.2, 0.25) is 0 Å². The van der Waals surface area contributed by atoms with E-state index in [-0.39, 0.29) is 11.5 Å². The van der Waals surface area contributed by atoms with Crippen LogP contribution in [0.1, 0.15) is 43.6 Å². The summed E-state index contributed by atoms with van der Waals surface area (Å²) >= 11 is 0. The Morgan fingerprint density at radius 3 is 2.69 bits per heavy atom. The summed E-state index contributed by atoms with van der Waals surface area (Å²) in [4.78, 5) is 30.0. The van der Waals surface area contributed by atoms with E-state index in [1.165, 1.54) is 12.8 Å². The molecule has 0 saturated carbocycles. The second kappa shape index (κ2) is 9.19. The molecule has 1 aliphatic rings. The highest BCUT2D eigenvalue weighted by molar-refractivity contribution is 5.77. The van der Waals surface area contributed by atoms with Crippen LogP contribution < -0.4 is 16.6 Å². The quantitative estimate of drug-likeness (QED) is 0.436. The van der Waals surface area contributed by atoms with E-state index in [2.05, 4.69) is 30.2 Å². The van der Waals surface area contributed by atoms with E-state index in [0.717, 1.165) is 62.0 Å². The minimum atomic E-state index is -0.0694. The predicted octanol–water partition coefficient (Wildman–Crippen LogP) is 2.70. The second-order valence-corrected chi connectivity index (χ2v) is 7.71. The number of nitrogens with two attached hydrogens (primary N) is 1. The SMILES string of the molecule is NCCCCCN1CCC(c2cnc(Nc3nc4ccccc4[nH]3)[nH]c2=O)CC1. The maximum atomic E-state index is 12.6. The van der Waals surface area contributed by atoms with Crippen LogP contribution in [-0.4, -0.2) is 51.0 Å². The van der Waals surface area contributed by atoms with Gasteiger partial charge in [0.25, 0.3) is 5.56 Å². The zero-order valence-electron chi connectivity index (χ0n) is 16.7. The van der Waals surface area contributed by atoms with E-state index >= 15 is 0 Å². The molecular formula is C21H29N7O. The minimum absolute atomic E-state index is 0.0694. The molecular weight excluding hydrogens is 366 g/mol. The summed E-state index contributed by atoms with van der Waals surface area (Å²) in [5.74, 6) is 1.23. The number of fused-ring (bicyclic) bond motifs is 1. The Balaban J connectivity index is 1.35. The predicted molar refractivity (Wildman–Crippen MR) is 116 cm³/mol. The maximum absolute atomic E-state index is 12.6. The molecule has 0 atom stereocenters. The van der Waals surface area contributed by atoms with Gasteiger partial charge in [-0.1, -0.05) is 18.6 Å². The molecule has 3 aromatic rings. The van der Waals surface area contributed by atoms with Crippen LogP contribution >= 0.6 is 0 Å². The number of aromatic nitrogens is 4. The Bertz CT molecular complexity index is 955. The van der Waals surface area contributed by atoms with Crippen LogP contribution in [0.5, 0.6) is 0 Å². The Kier molecular flexibility index (Phi) is 6.21. The molecule has 0 radical (unpaired) electrons. The van der Waals surface area contributed by atoms with Gasteiger partial charge in [0.15, 0.2) is 0 Å². The molecule has 154 valence electrons. The number of aromatic amines is 2. The van der Waals surface area contributed by atoms with E-state index in [1.54, 1.807) is 6.20 Å². The van der Waals surface area contributed by atoms with E-state index in [4.69, 9.17) is 5.73 Å². The molecule has 1 aliphatic heterocycles. The Morgan fingerprint density at radius 2 is 1.93 bits per heavy atom. The summed E-state index contributed by atoms with van der Waals surface area (Å²) in [7, 11) is 0. The first kappa shape index (κ1) is 19.6. The highest BCUT2D eigenvalue weighted by Gasteiger charge is 2.23. The molecule has 1 fully saturated rings. The molecule has 5 N–H and O–H groups in total. The van der Waals surface area contributed by atoms with E-state index in [9.17, 15) is 4.79 Å². The molecule has 29 heavy (non-hydrogen) atoms. The maximum Gasteiger partial charge on any atom is 0.255 e. The van der Waals surface area contributed by atoms with Crippen LogP contribution in [0.3, 0.4) is 0 Å². The molecule has 1 aromatic carbocycles. The number of piperidine rings is 1. The molecule has 0 aliphatic carbocycles. The topological polar surface area (TPSA) is 116 Å². The zero-order valence-corrected chi connectivity index (χ0v) is 16.7. The van der Waals surface area contributed by atoms with Crippen molar-refractivity contribution >= 4 is 22.9 Å². The summed E-state index contributed by atoms with van der Waals surface area (Å²) < 4.78 is 0. The molecule has 0 spiro atoms. The molecule has 8 nitrogen and oxygen atoms in total. The van der Waals surface area contributed by atoms with Crippen LogP contribution in [0.15, 0.2) is 35.3 Å². The molecule has 8 heteroatoms. The van der Waals surface area contributed by atoms with Crippen LogP contribution in [0.25, 0.3) is 11.0 Å². The Labute approximate surface area is 169 Å². The number of H-pyrrole nitrogens is 2. The Hall–Kier alpha value is -2.71. The van der Waals surface area contributed by atoms with Crippen molar-refractivity contribution in [1.82, 2.24) is 24.8 Å². The summed E-state index contributed by atoms with van der Waals surface area (Å²) in [6.07, 6.45) is 7.21. The number of para-hydroxylation sites is 2. The number of nitrogens with one attached hydrogen (secondary N) is 3. The van der Waals surface area contributed by atoms with Gasteiger partial charge in [0, 0.05) is 11.8 Å². The average Bonchev–Trinajstić information content (AvgIpc) is 3.14. The van der Waals surface area contributed by atoms with Gasteiger partial charge in [-0.15, -0.1) is 0 Å². The van der Waals surface area contributed by atoms with Crippen molar-refractivity contribution in [2.75, 3.05) is 31.5 Å². The largest absolute Gasteiger partial charge is 0.330 e. The molecule has 1 saturated heterocycles. The molecule has 4 rings (SSSR count). The number of rotatable bonds is 8. The first-order valence-electron chi connectivity index (χ1n) is 10.5. The summed E-state index contributed by atoms with van der Waals surface area (Å²) in [5, 5.41) is 3.05. The minimum Gasteiger partial charge on any atom is -0.330 e. The molecule has 0 unspecified atom stereocenters. The van der Waals surface area contributed by atoms with Crippen molar-refractivity contribution in [3.05, 3.63) is 46.4 Å². The normalized spacial score (nSPS) is 15.8. The van der Waals surface area contributed by atoms with Crippen molar-refractivity contribution in [2.45, 2.75) is 38.0 Å². The highest BCUT2D eigenvalue weighted by atomic mass is 16.1. The molecule has 3 heterocycles. The van der Waals surface area contributed by atoms with E-state index in [0.29, 0.717) is 11.9 Å². The third-order valence-corrected chi connectivity index (χ3v) is 5.66. The fourth-order valence-electron chi connectivity index (χ4n) is 4.01. The Morgan fingerprint density at radius 1 is 1.10 bits per heavy atom. The van der Waals surface area contributed by atoms with E-state index < -0.39 is 0 Å². The van der Waals surface area contributed by atoms with Gasteiger partial charge in [0.05, 0.1) is 11.0 Å². The van der Waals surface area contributed by atoms with Crippen molar-refractivity contribution in [3.63, 3.8) is 0 Å². The fraction of sp³-hybridized carbons (Fsp3) is 0.476. The summed E-state index contributed by atoms with van der Waals surface area (Å²) in [5.41, 5.74) is 8.06. The van der Waals surface area contributed by atoms with Crippen LogP contribution in [-0.2, 0) is 0 Å². The van der Waals surface area contributed by atoms with Gasteiger partial charge in [-0.25, -0.2) is 9.97 Å². The molecule has 2 aromatic heterocycles. The molecule has 0 amide bonds.